The number of carbonyl (C=O) groups is 2. The number of likely N-dealkylation sites (tertiary alicyclic amines) is 1. The van der Waals surface area contributed by atoms with Crippen molar-refractivity contribution in [3.05, 3.63) is 173 Å². The van der Waals surface area contributed by atoms with E-state index in [0.29, 0.717) is 25.3 Å². The summed E-state index contributed by atoms with van der Waals surface area (Å²) in [5.41, 5.74) is 10.6. The van der Waals surface area contributed by atoms with Gasteiger partial charge >= 0.3 is 0 Å². The van der Waals surface area contributed by atoms with Gasteiger partial charge in [0, 0.05) is 54.1 Å². The molecule has 7 heteroatoms. The second-order valence-electron chi connectivity index (χ2n) is 15.9. The molecule has 2 amide bonds. The Kier molecular flexibility index (Phi) is 11.7. The van der Waals surface area contributed by atoms with Crippen molar-refractivity contribution >= 4 is 28.9 Å². The van der Waals surface area contributed by atoms with Crippen molar-refractivity contribution in [2.75, 3.05) is 23.7 Å². The molecule has 7 rings (SSSR count). The van der Waals surface area contributed by atoms with Gasteiger partial charge in [-0.2, -0.15) is 0 Å². The highest BCUT2D eigenvalue weighted by Gasteiger charge is 2.25. The van der Waals surface area contributed by atoms with Gasteiger partial charge in [-0.3, -0.25) is 9.59 Å². The second kappa shape index (κ2) is 17.2. The monoisotopic (exact) mass is 757 g/mol. The summed E-state index contributed by atoms with van der Waals surface area (Å²) in [5, 5.41) is 6.66. The standard InChI is InChI=1S/C50H51N3O4/c1-34-10-15-40(16-11-34)49(55)53-30-28-44(29-31-53)57-43-24-13-36(14-25-43)33-56-42-26-21-38(22-27-42)37-17-19-39(20-18-37)48(54)51-41-23-12-35(2)47(32-41)52-46-9-7-6-8-45(46)50(3,4)5/h6-27,32,44,52H,28-31,33H2,1-5H3,(H,51,54). The third-order valence-corrected chi connectivity index (χ3v) is 10.5. The van der Waals surface area contributed by atoms with Gasteiger partial charge in [0.2, 0.25) is 0 Å². The van der Waals surface area contributed by atoms with Gasteiger partial charge in [0.15, 0.2) is 0 Å². The smallest absolute Gasteiger partial charge is 0.255 e. The summed E-state index contributed by atoms with van der Waals surface area (Å²) in [4.78, 5) is 28.0. The van der Waals surface area contributed by atoms with E-state index in [2.05, 4.69) is 56.5 Å². The van der Waals surface area contributed by atoms with Crippen LogP contribution in [-0.4, -0.2) is 35.9 Å². The lowest BCUT2D eigenvalue weighted by Crippen LogP contribution is -2.41. The number of nitrogens with one attached hydrogen (secondary N) is 2. The molecule has 0 spiro atoms. The average molecular weight is 758 g/mol. The van der Waals surface area contributed by atoms with Gasteiger partial charge in [-0.15, -0.1) is 0 Å². The summed E-state index contributed by atoms with van der Waals surface area (Å²) in [7, 11) is 0. The minimum Gasteiger partial charge on any atom is -0.490 e. The molecular weight excluding hydrogens is 707 g/mol. The van der Waals surface area contributed by atoms with E-state index in [1.54, 1.807) is 0 Å². The van der Waals surface area contributed by atoms with Crippen molar-refractivity contribution in [1.29, 1.82) is 0 Å². The molecule has 1 fully saturated rings. The lowest BCUT2D eigenvalue weighted by Gasteiger charge is -2.32. The maximum absolute atomic E-state index is 13.3. The fraction of sp³-hybridized carbons (Fsp3) is 0.240. The first-order chi connectivity index (χ1) is 27.5. The van der Waals surface area contributed by atoms with Crippen molar-refractivity contribution in [1.82, 2.24) is 4.90 Å². The van der Waals surface area contributed by atoms with Gasteiger partial charge in [-0.25, -0.2) is 0 Å². The molecule has 0 unspecified atom stereocenters. The van der Waals surface area contributed by atoms with Crippen LogP contribution < -0.4 is 20.1 Å². The first kappa shape index (κ1) is 38.9. The molecule has 0 saturated carbocycles. The Morgan fingerprint density at radius 3 is 1.96 bits per heavy atom. The van der Waals surface area contributed by atoms with Gasteiger partial charge < -0.3 is 25.0 Å². The minimum absolute atomic E-state index is 0.00959. The summed E-state index contributed by atoms with van der Waals surface area (Å²) < 4.78 is 12.4. The van der Waals surface area contributed by atoms with E-state index in [1.807, 2.05) is 133 Å². The highest BCUT2D eigenvalue weighted by Crippen LogP contribution is 2.33. The predicted molar refractivity (Wildman–Crippen MR) is 231 cm³/mol. The van der Waals surface area contributed by atoms with Gasteiger partial charge in [0.05, 0.1) is 0 Å². The number of amides is 2. The third kappa shape index (κ3) is 9.92. The highest BCUT2D eigenvalue weighted by molar-refractivity contribution is 6.04. The normalized spacial score (nSPS) is 13.2. The van der Waals surface area contributed by atoms with Crippen LogP contribution in [0.25, 0.3) is 11.1 Å². The van der Waals surface area contributed by atoms with Gasteiger partial charge in [-0.1, -0.05) is 99.1 Å². The average Bonchev–Trinajstić information content (AvgIpc) is 3.22. The number of hydrogen-bond donors (Lipinski definition) is 2. The fourth-order valence-corrected chi connectivity index (χ4v) is 7.07. The maximum Gasteiger partial charge on any atom is 0.255 e. The number of hydrogen-bond acceptors (Lipinski definition) is 5. The van der Waals surface area contributed by atoms with Gasteiger partial charge in [0.25, 0.3) is 11.8 Å². The van der Waals surface area contributed by atoms with Crippen LogP contribution in [0.1, 0.15) is 76.6 Å². The molecule has 0 aliphatic carbocycles. The predicted octanol–water partition coefficient (Wildman–Crippen LogP) is 11.5. The minimum atomic E-state index is -0.164. The lowest BCUT2D eigenvalue weighted by atomic mass is 9.85. The van der Waals surface area contributed by atoms with Gasteiger partial charge in [-0.05, 0) is 114 Å². The molecule has 1 aliphatic rings. The summed E-state index contributed by atoms with van der Waals surface area (Å²) in [6, 6.07) is 45.7. The molecule has 0 radical (unpaired) electrons. The van der Waals surface area contributed by atoms with Crippen LogP contribution in [0.3, 0.4) is 0 Å². The van der Waals surface area contributed by atoms with Crippen LogP contribution in [0, 0.1) is 13.8 Å². The van der Waals surface area contributed by atoms with E-state index in [0.717, 1.165) is 74.8 Å². The number of para-hydroxylation sites is 1. The molecule has 290 valence electrons. The number of piperidine rings is 1. The molecule has 1 heterocycles. The Bertz CT molecular complexity index is 2300. The Morgan fingerprint density at radius 1 is 0.684 bits per heavy atom. The van der Waals surface area contributed by atoms with Gasteiger partial charge in [0.1, 0.15) is 24.2 Å². The third-order valence-electron chi connectivity index (χ3n) is 10.5. The topological polar surface area (TPSA) is 79.9 Å². The molecule has 1 aliphatic heterocycles. The molecule has 1 saturated heterocycles. The molecule has 6 aromatic rings. The van der Waals surface area contributed by atoms with Crippen molar-refractivity contribution in [3.63, 3.8) is 0 Å². The van der Waals surface area contributed by atoms with Crippen LogP contribution in [0.2, 0.25) is 0 Å². The summed E-state index contributed by atoms with van der Waals surface area (Å²) in [6.45, 7) is 12.5. The van der Waals surface area contributed by atoms with E-state index in [4.69, 9.17) is 9.47 Å². The SMILES string of the molecule is Cc1ccc(C(=O)N2CCC(Oc3ccc(COc4ccc(-c5ccc(C(=O)Nc6ccc(C)c(Nc7ccccc7C(C)(C)C)c6)cc5)cc4)cc3)CC2)cc1. The van der Waals surface area contributed by atoms with Crippen LogP contribution in [0.4, 0.5) is 17.1 Å². The highest BCUT2D eigenvalue weighted by atomic mass is 16.5. The number of nitrogens with zero attached hydrogens (tertiary/aromatic N) is 1. The molecule has 57 heavy (non-hydrogen) atoms. The largest absolute Gasteiger partial charge is 0.490 e. The summed E-state index contributed by atoms with van der Waals surface area (Å²) in [6.07, 6.45) is 1.69. The number of aryl methyl sites for hydroxylation is 2. The Balaban J connectivity index is 0.875. The van der Waals surface area contributed by atoms with Crippen LogP contribution in [-0.2, 0) is 12.0 Å². The Labute approximate surface area is 336 Å². The van der Waals surface area contributed by atoms with Crippen LogP contribution in [0.15, 0.2) is 140 Å². The first-order valence-electron chi connectivity index (χ1n) is 19.7. The van der Waals surface area contributed by atoms with E-state index in [9.17, 15) is 9.59 Å². The van der Waals surface area contributed by atoms with Crippen molar-refractivity contribution in [2.24, 2.45) is 0 Å². The number of benzene rings is 6. The summed E-state index contributed by atoms with van der Waals surface area (Å²) in [5.74, 6) is 1.52. The van der Waals surface area contributed by atoms with Crippen molar-refractivity contribution in [3.8, 4) is 22.6 Å². The number of rotatable bonds is 11. The summed E-state index contributed by atoms with van der Waals surface area (Å²) >= 11 is 0. The number of ether oxygens (including phenoxy) is 2. The first-order valence-corrected chi connectivity index (χ1v) is 19.7. The zero-order chi connectivity index (χ0) is 39.9. The second-order valence-corrected chi connectivity index (χ2v) is 15.9. The molecule has 0 aromatic heterocycles. The molecular formula is C50H51N3O4. The van der Waals surface area contributed by atoms with Crippen LogP contribution in [0.5, 0.6) is 11.5 Å². The maximum atomic E-state index is 13.3. The lowest BCUT2D eigenvalue weighted by molar-refractivity contribution is 0.0595. The molecule has 2 N–H and O–H groups in total. The van der Waals surface area contributed by atoms with Crippen LogP contribution >= 0.6 is 0 Å². The Morgan fingerprint density at radius 2 is 1.30 bits per heavy atom. The van der Waals surface area contributed by atoms with E-state index in [1.165, 1.54) is 5.56 Å². The molecule has 6 aromatic carbocycles. The number of anilines is 3. The zero-order valence-electron chi connectivity index (χ0n) is 33.5. The quantitative estimate of drug-likeness (QED) is 0.138. The van der Waals surface area contributed by atoms with Crippen molar-refractivity contribution < 1.29 is 19.1 Å². The molecule has 7 nitrogen and oxygen atoms in total. The van der Waals surface area contributed by atoms with Crippen molar-refractivity contribution in [2.45, 2.75) is 65.6 Å². The van der Waals surface area contributed by atoms with E-state index in [-0.39, 0.29) is 23.3 Å². The van der Waals surface area contributed by atoms with E-state index < -0.39 is 0 Å². The Hall–Kier alpha value is -6.34. The molecule has 0 bridgehead atoms. The number of carbonyl (C=O) groups excluding carboxylic acids is 2. The zero-order valence-corrected chi connectivity index (χ0v) is 33.5. The molecule has 0 atom stereocenters. The fourth-order valence-electron chi connectivity index (χ4n) is 7.07. The van der Waals surface area contributed by atoms with E-state index >= 15 is 0 Å².